The number of hydrogen-bond donors (Lipinski definition) is 3. The molecule has 0 aromatic heterocycles. The molecule has 0 aromatic rings. The van der Waals surface area contributed by atoms with Crippen LogP contribution in [0.15, 0.2) is 0 Å². The van der Waals surface area contributed by atoms with Crippen molar-refractivity contribution in [3.05, 3.63) is 0 Å². The molecule has 0 spiro atoms. The van der Waals surface area contributed by atoms with Gasteiger partial charge < -0.3 is 15.7 Å². The molecule has 4 rings (SSSR count). The molecule has 4 fully saturated rings. The van der Waals surface area contributed by atoms with E-state index >= 15 is 0 Å². The fraction of sp³-hybridized carbons (Fsp3) is 0.895. The molecule has 3 saturated heterocycles. The summed E-state index contributed by atoms with van der Waals surface area (Å²) >= 11 is 0. The van der Waals surface area contributed by atoms with Crippen molar-refractivity contribution in [2.75, 3.05) is 19.6 Å². The number of nitrogens with two attached hydrogens (primary N) is 1. The summed E-state index contributed by atoms with van der Waals surface area (Å²) in [6, 6.07) is -0.388. The summed E-state index contributed by atoms with van der Waals surface area (Å²) in [6.45, 7) is 2.89. The van der Waals surface area contributed by atoms with Crippen molar-refractivity contribution in [1.82, 2.24) is 10.2 Å². The van der Waals surface area contributed by atoms with Crippen molar-refractivity contribution in [3.63, 3.8) is 0 Å². The van der Waals surface area contributed by atoms with E-state index in [2.05, 4.69) is 10.2 Å². The molecule has 0 aromatic carbocycles. The smallest absolute Gasteiger partial charge is 0.231 e. The number of carbonyl (C=O) groups is 2. The van der Waals surface area contributed by atoms with Crippen LogP contribution in [0.3, 0.4) is 0 Å². The van der Waals surface area contributed by atoms with Crippen molar-refractivity contribution in [2.45, 2.75) is 69.9 Å². The second-order valence-corrected chi connectivity index (χ2v) is 8.33. The Bertz CT molecular complexity index is 471. The van der Waals surface area contributed by atoms with Crippen LogP contribution < -0.4 is 11.1 Å². The Kier molecular flexibility index (Phi) is 6.47. The number of hydrogen-bond acceptors (Lipinski definition) is 5. The first-order chi connectivity index (χ1) is 12.0. The lowest BCUT2D eigenvalue weighted by molar-refractivity contribution is -0.137. The van der Waals surface area contributed by atoms with E-state index in [0.29, 0.717) is 11.8 Å². The molecule has 3 atom stereocenters. The summed E-state index contributed by atoms with van der Waals surface area (Å²) in [5, 5.41) is 12.7. The van der Waals surface area contributed by atoms with Crippen LogP contribution in [-0.2, 0) is 9.59 Å². The Balaban J connectivity index is 1.41. The standard InChI is InChI=1S/C19H33N3O3/c20-16(10-13-4-2-1-3-5-13)17(23)11-18(24)21-19(25)15-12-22-8-6-14(15)7-9-22/h13-17,23H,1-12,20H2,(H,21,24,25)/t15-,16?,17?/m1/s1. The fourth-order valence-electron chi connectivity index (χ4n) is 4.85. The van der Waals surface area contributed by atoms with Crippen molar-refractivity contribution < 1.29 is 14.7 Å². The van der Waals surface area contributed by atoms with Gasteiger partial charge in [-0.1, -0.05) is 32.1 Å². The zero-order valence-corrected chi connectivity index (χ0v) is 15.2. The third kappa shape index (κ3) is 5.02. The van der Waals surface area contributed by atoms with Gasteiger partial charge in [0.1, 0.15) is 0 Å². The summed E-state index contributed by atoms with van der Waals surface area (Å²) in [7, 11) is 0. The van der Waals surface area contributed by atoms with E-state index in [1.807, 2.05) is 0 Å². The van der Waals surface area contributed by atoms with Crippen molar-refractivity contribution in [1.29, 1.82) is 0 Å². The molecule has 142 valence electrons. The minimum Gasteiger partial charge on any atom is -0.391 e. The van der Waals surface area contributed by atoms with Crippen LogP contribution in [0.25, 0.3) is 0 Å². The quantitative estimate of drug-likeness (QED) is 0.664. The lowest BCUT2D eigenvalue weighted by Crippen LogP contribution is -2.53. The molecular weight excluding hydrogens is 318 g/mol. The number of imide groups is 1. The number of amides is 2. The second-order valence-electron chi connectivity index (χ2n) is 8.33. The Morgan fingerprint density at radius 3 is 2.40 bits per heavy atom. The van der Waals surface area contributed by atoms with Gasteiger partial charge in [0.2, 0.25) is 11.8 Å². The summed E-state index contributed by atoms with van der Waals surface area (Å²) in [4.78, 5) is 26.8. The Morgan fingerprint density at radius 1 is 1.12 bits per heavy atom. The molecule has 2 amide bonds. The maximum Gasteiger partial charge on any atom is 0.231 e. The summed E-state index contributed by atoms with van der Waals surface area (Å²) < 4.78 is 0. The van der Waals surface area contributed by atoms with Crippen LogP contribution in [-0.4, -0.2) is 53.6 Å². The highest BCUT2D eigenvalue weighted by atomic mass is 16.3. The largest absolute Gasteiger partial charge is 0.391 e. The predicted molar refractivity (Wildman–Crippen MR) is 95.6 cm³/mol. The lowest BCUT2D eigenvalue weighted by Gasteiger charge is -2.43. The van der Waals surface area contributed by atoms with E-state index in [1.54, 1.807) is 0 Å². The maximum absolute atomic E-state index is 12.4. The molecular formula is C19H33N3O3. The Hall–Kier alpha value is -0.980. The third-order valence-electron chi connectivity index (χ3n) is 6.47. The van der Waals surface area contributed by atoms with E-state index in [0.717, 1.165) is 38.9 Å². The maximum atomic E-state index is 12.4. The van der Waals surface area contributed by atoms with Gasteiger partial charge in [0.05, 0.1) is 18.4 Å². The SMILES string of the molecule is NC(CC1CCCCC1)C(O)CC(=O)NC(=O)[C@@H]1CN2CCC1CC2. The zero-order chi connectivity index (χ0) is 17.8. The normalized spacial score (nSPS) is 32.2. The Labute approximate surface area is 150 Å². The van der Waals surface area contributed by atoms with E-state index < -0.39 is 12.0 Å². The van der Waals surface area contributed by atoms with Crippen molar-refractivity contribution in [3.8, 4) is 0 Å². The average Bonchev–Trinajstić information content (AvgIpc) is 2.63. The summed E-state index contributed by atoms with van der Waals surface area (Å²) in [6.07, 6.45) is 8.00. The Morgan fingerprint density at radius 2 is 1.80 bits per heavy atom. The zero-order valence-electron chi connectivity index (χ0n) is 15.2. The molecule has 3 heterocycles. The minimum absolute atomic E-state index is 0.0826. The van der Waals surface area contributed by atoms with Gasteiger partial charge in [0, 0.05) is 12.6 Å². The minimum atomic E-state index is -0.874. The molecule has 2 bridgehead atoms. The fourth-order valence-corrected chi connectivity index (χ4v) is 4.85. The number of fused-ring (bicyclic) bond motifs is 3. The van der Waals surface area contributed by atoms with Gasteiger partial charge in [-0.2, -0.15) is 0 Å². The highest BCUT2D eigenvalue weighted by Crippen LogP contribution is 2.32. The molecule has 1 saturated carbocycles. The summed E-state index contributed by atoms with van der Waals surface area (Å²) in [5.41, 5.74) is 6.10. The molecule has 0 radical (unpaired) electrons. The number of aliphatic hydroxyl groups is 1. The van der Waals surface area contributed by atoms with Crippen LogP contribution in [0, 0.1) is 17.8 Å². The molecule has 25 heavy (non-hydrogen) atoms. The predicted octanol–water partition coefficient (Wildman–Crippen LogP) is 1.02. The van der Waals surface area contributed by atoms with Crippen molar-refractivity contribution >= 4 is 11.8 Å². The number of nitrogens with one attached hydrogen (secondary N) is 1. The summed E-state index contributed by atoms with van der Waals surface area (Å²) in [5.74, 6) is 0.311. The molecule has 2 unspecified atom stereocenters. The van der Waals surface area contributed by atoms with Gasteiger partial charge in [0.25, 0.3) is 0 Å². The van der Waals surface area contributed by atoms with Gasteiger partial charge in [-0.05, 0) is 44.2 Å². The van der Waals surface area contributed by atoms with Gasteiger partial charge in [-0.15, -0.1) is 0 Å². The average molecular weight is 351 g/mol. The van der Waals surface area contributed by atoms with Crippen LogP contribution in [0.5, 0.6) is 0 Å². The number of rotatable bonds is 6. The molecule has 6 heteroatoms. The topological polar surface area (TPSA) is 95.7 Å². The number of carbonyl (C=O) groups excluding carboxylic acids is 2. The number of nitrogens with zero attached hydrogens (tertiary/aromatic N) is 1. The van der Waals surface area contributed by atoms with Crippen LogP contribution in [0.4, 0.5) is 0 Å². The monoisotopic (exact) mass is 351 g/mol. The lowest BCUT2D eigenvalue weighted by atomic mass is 9.78. The third-order valence-corrected chi connectivity index (χ3v) is 6.47. The van der Waals surface area contributed by atoms with Crippen molar-refractivity contribution in [2.24, 2.45) is 23.5 Å². The molecule has 3 aliphatic heterocycles. The highest BCUT2D eigenvalue weighted by molar-refractivity contribution is 5.96. The number of aliphatic hydroxyl groups excluding tert-OH is 1. The van der Waals surface area contributed by atoms with Gasteiger partial charge in [-0.3, -0.25) is 14.9 Å². The van der Waals surface area contributed by atoms with E-state index in [1.165, 1.54) is 32.1 Å². The molecule has 6 nitrogen and oxygen atoms in total. The molecule has 4 N–H and O–H groups in total. The first-order valence-corrected chi connectivity index (χ1v) is 10.0. The van der Waals surface area contributed by atoms with Crippen LogP contribution in [0.2, 0.25) is 0 Å². The van der Waals surface area contributed by atoms with E-state index in [4.69, 9.17) is 5.73 Å². The van der Waals surface area contributed by atoms with Crippen LogP contribution >= 0.6 is 0 Å². The first-order valence-electron chi connectivity index (χ1n) is 10.0. The van der Waals surface area contributed by atoms with Gasteiger partial charge in [0.15, 0.2) is 0 Å². The molecule has 1 aliphatic carbocycles. The van der Waals surface area contributed by atoms with E-state index in [9.17, 15) is 14.7 Å². The second kappa shape index (κ2) is 8.60. The van der Waals surface area contributed by atoms with Gasteiger partial charge in [-0.25, -0.2) is 0 Å². The molecule has 4 aliphatic rings. The van der Waals surface area contributed by atoms with E-state index in [-0.39, 0.29) is 24.3 Å². The highest BCUT2D eigenvalue weighted by Gasteiger charge is 2.38. The number of piperidine rings is 3. The first kappa shape index (κ1) is 18.8. The van der Waals surface area contributed by atoms with Gasteiger partial charge >= 0.3 is 0 Å². The van der Waals surface area contributed by atoms with Crippen LogP contribution in [0.1, 0.15) is 57.8 Å².